The molecule has 1 unspecified atom stereocenters. The lowest BCUT2D eigenvalue weighted by Crippen LogP contribution is -2.27. The number of benzene rings is 1. The molecule has 1 aliphatic rings. The molecule has 0 amide bonds. The van der Waals surface area contributed by atoms with E-state index >= 15 is 0 Å². The molecule has 0 bridgehead atoms. The molecule has 0 N–H and O–H groups in total. The van der Waals surface area contributed by atoms with Crippen molar-refractivity contribution < 1.29 is 12.8 Å². The second-order valence-electron chi connectivity index (χ2n) is 6.67. The fraction of sp³-hybridized carbons (Fsp3) is 0.150. The zero-order valence-electron chi connectivity index (χ0n) is 15.2. The van der Waals surface area contributed by atoms with Crippen LogP contribution in [-0.2, 0) is 9.84 Å². The van der Waals surface area contributed by atoms with Crippen LogP contribution >= 0.6 is 11.6 Å². The van der Waals surface area contributed by atoms with E-state index in [2.05, 4.69) is 9.97 Å². The van der Waals surface area contributed by atoms with E-state index in [-0.39, 0.29) is 17.2 Å². The van der Waals surface area contributed by atoms with Gasteiger partial charge in [-0.2, -0.15) is 4.98 Å². The topological polar surface area (TPSA) is 81.9 Å². The summed E-state index contributed by atoms with van der Waals surface area (Å²) in [5.74, 6) is -0.396. The fourth-order valence-electron chi connectivity index (χ4n) is 3.24. The molecule has 0 saturated heterocycles. The normalized spacial score (nSPS) is 16.8. The summed E-state index contributed by atoms with van der Waals surface area (Å²) >= 11 is 6.29. The summed E-state index contributed by atoms with van der Waals surface area (Å²) in [5, 5.41) is 0.481. The number of halogens is 2. The highest BCUT2D eigenvalue weighted by Gasteiger charge is 2.22. The number of sulfone groups is 1. The van der Waals surface area contributed by atoms with Crippen LogP contribution in [-0.4, -0.2) is 29.2 Å². The van der Waals surface area contributed by atoms with Gasteiger partial charge in [0.1, 0.15) is 11.5 Å². The lowest BCUT2D eigenvalue weighted by Gasteiger charge is -2.20. The van der Waals surface area contributed by atoms with Gasteiger partial charge in [-0.15, -0.1) is 0 Å². The van der Waals surface area contributed by atoms with E-state index in [0.29, 0.717) is 21.5 Å². The Kier molecular flexibility index (Phi) is 4.84. The minimum Gasteiger partial charge on any atom is -0.285 e. The highest BCUT2D eigenvalue weighted by Crippen LogP contribution is 2.30. The van der Waals surface area contributed by atoms with Gasteiger partial charge < -0.3 is 0 Å². The number of pyridine rings is 1. The van der Waals surface area contributed by atoms with Gasteiger partial charge in [-0.25, -0.2) is 17.8 Å². The van der Waals surface area contributed by atoms with Gasteiger partial charge in [-0.05, 0) is 30.7 Å². The van der Waals surface area contributed by atoms with Crippen LogP contribution in [0.2, 0.25) is 5.02 Å². The number of allylic oxidation sites excluding steroid dienone is 4. The number of aromatic nitrogens is 3. The number of rotatable bonds is 3. The largest absolute Gasteiger partial charge is 0.285 e. The zero-order valence-corrected chi connectivity index (χ0v) is 16.8. The van der Waals surface area contributed by atoms with Crippen LogP contribution in [0.3, 0.4) is 0 Å². The fourth-order valence-corrected chi connectivity index (χ4v) is 3.97. The van der Waals surface area contributed by atoms with Gasteiger partial charge in [0.15, 0.2) is 0 Å². The predicted octanol–water partition coefficient (Wildman–Crippen LogP) is 3.87. The maximum atomic E-state index is 13.5. The van der Waals surface area contributed by atoms with Crippen molar-refractivity contribution in [3.8, 4) is 11.1 Å². The molecule has 0 fully saturated rings. The summed E-state index contributed by atoms with van der Waals surface area (Å²) in [7, 11) is -3.68. The number of nitrogens with zero attached hydrogens (tertiary/aromatic N) is 3. The van der Waals surface area contributed by atoms with Crippen LogP contribution in [0.5, 0.6) is 0 Å². The van der Waals surface area contributed by atoms with E-state index in [0.717, 1.165) is 6.26 Å². The third-order valence-electron chi connectivity index (χ3n) is 4.61. The van der Waals surface area contributed by atoms with E-state index < -0.39 is 27.3 Å². The number of hydrogen-bond donors (Lipinski definition) is 0. The van der Waals surface area contributed by atoms with Crippen LogP contribution in [0.15, 0.2) is 70.5 Å². The summed E-state index contributed by atoms with van der Waals surface area (Å²) in [4.78, 5) is 21.5. The van der Waals surface area contributed by atoms with Gasteiger partial charge in [0.05, 0.1) is 6.04 Å². The minimum atomic E-state index is -3.68. The monoisotopic (exact) mass is 431 g/mol. The SMILES string of the molecule is CS(=O)(=O)c1ncc2cc(-c3ccccc3Cl)c(=O)n(C3C=CC(F)=CC3)c2n1. The Hall–Kier alpha value is -2.84. The van der Waals surface area contributed by atoms with Crippen LogP contribution in [0.25, 0.3) is 22.2 Å². The van der Waals surface area contributed by atoms with E-state index in [9.17, 15) is 17.6 Å². The third kappa shape index (κ3) is 3.61. The summed E-state index contributed by atoms with van der Waals surface area (Å²) in [6, 6.07) is 7.96. The molecule has 29 heavy (non-hydrogen) atoms. The summed E-state index contributed by atoms with van der Waals surface area (Å²) in [6.07, 6.45) is 6.76. The lowest BCUT2D eigenvalue weighted by atomic mass is 10.0. The predicted molar refractivity (Wildman–Crippen MR) is 109 cm³/mol. The molecule has 4 rings (SSSR count). The first kappa shape index (κ1) is 19.5. The van der Waals surface area contributed by atoms with Crippen LogP contribution in [0, 0.1) is 0 Å². The molecule has 0 saturated carbocycles. The Labute approximate surface area is 170 Å². The second-order valence-corrected chi connectivity index (χ2v) is 8.98. The maximum absolute atomic E-state index is 13.5. The van der Waals surface area contributed by atoms with Crippen molar-refractivity contribution in [2.45, 2.75) is 17.6 Å². The van der Waals surface area contributed by atoms with Crippen molar-refractivity contribution in [1.82, 2.24) is 14.5 Å². The first-order valence-electron chi connectivity index (χ1n) is 8.67. The van der Waals surface area contributed by atoms with E-state index in [1.807, 2.05) is 0 Å². The molecule has 1 aliphatic carbocycles. The van der Waals surface area contributed by atoms with Gasteiger partial charge in [-0.3, -0.25) is 9.36 Å². The summed E-state index contributed by atoms with van der Waals surface area (Å²) in [6.45, 7) is 0. The van der Waals surface area contributed by atoms with Crippen molar-refractivity contribution in [3.63, 3.8) is 0 Å². The molecular formula is C20H15ClFN3O3S. The van der Waals surface area contributed by atoms with E-state index in [1.54, 1.807) is 36.4 Å². The zero-order chi connectivity index (χ0) is 20.8. The summed E-state index contributed by atoms with van der Waals surface area (Å²) < 4.78 is 38.7. The molecule has 1 aromatic carbocycles. The van der Waals surface area contributed by atoms with Crippen molar-refractivity contribution in [2.75, 3.05) is 6.26 Å². The van der Waals surface area contributed by atoms with Gasteiger partial charge >= 0.3 is 0 Å². The van der Waals surface area contributed by atoms with Gasteiger partial charge in [-0.1, -0.05) is 35.9 Å². The lowest BCUT2D eigenvalue weighted by molar-refractivity contribution is 0.568. The summed E-state index contributed by atoms with van der Waals surface area (Å²) in [5.41, 5.74) is 0.603. The first-order valence-corrected chi connectivity index (χ1v) is 10.9. The third-order valence-corrected chi connectivity index (χ3v) is 5.80. The molecular weight excluding hydrogens is 417 g/mol. The van der Waals surface area contributed by atoms with Crippen molar-refractivity contribution >= 4 is 32.5 Å². The quantitative estimate of drug-likeness (QED) is 0.588. The molecule has 0 spiro atoms. The Morgan fingerprint density at radius 3 is 2.66 bits per heavy atom. The second kappa shape index (κ2) is 7.20. The average Bonchev–Trinajstić information content (AvgIpc) is 2.68. The molecule has 9 heteroatoms. The van der Waals surface area contributed by atoms with Crippen LogP contribution in [0.4, 0.5) is 4.39 Å². The Bertz CT molecular complexity index is 1360. The number of fused-ring (bicyclic) bond motifs is 1. The molecule has 6 nitrogen and oxygen atoms in total. The number of hydrogen-bond acceptors (Lipinski definition) is 5. The van der Waals surface area contributed by atoms with Crippen LogP contribution < -0.4 is 5.56 Å². The highest BCUT2D eigenvalue weighted by atomic mass is 35.5. The van der Waals surface area contributed by atoms with Gasteiger partial charge in [0.2, 0.25) is 15.0 Å². The maximum Gasteiger partial charge on any atom is 0.260 e. The Morgan fingerprint density at radius 1 is 1.24 bits per heavy atom. The molecule has 2 aromatic heterocycles. The van der Waals surface area contributed by atoms with E-state index in [1.165, 1.54) is 22.9 Å². The minimum absolute atomic E-state index is 0.159. The van der Waals surface area contributed by atoms with Crippen molar-refractivity contribution in [3.05, 3.63) is 76.0 Å². The molecule has 0 radical (unpaired) electrons. The van der Waals surface area contributed by atoms with Gasteiger partial charge in [0, 0.05) is 34.0 Å². The average molecular weight is 432 g/mol. The van der Waals surface area contributed by atoms with E-state index in [4.69, 9.17) is 11.6 Å². The van der Waals surface area contributed by atoms with Gasteiger partial charge in [0.25, 0.3) is 5.56 Å². The smallest absolute Gasteiger partial charge is 0.260 e. The van der Waals surface area contributed by atoms with Crippen LogP contribution in [0.1, 0.15) is 12.5 Å². The Balaban J connectivity index is 2.07. The van der Waals surface area contributed by atoms with Crippen molar-refractivity contribution in [1.29, 1.82) is 0 Å². The van der Waals surface area contributed by atoms with Crippen molar-refractivity contribution in [2.24, 2.45) is 0 Å². The molecule has 148 valence electrons. The first-order chi connectivity index (χ1) is 13.8. The molecule has 1 atom stereocenters. The standard InChI is InChI=1S/C20H15ClFN3O3S/c1-29(27,28)20-23-11-12-10-16(15-4-2-3-5-17(15)21)19(26)25(18(12)24-20)14-8-6-13(22)7-9-14/h2-8,10-11,14H,9H2,1H3. The molecule has 3 aromatic rings. The highest BCUT2D eigenvalue weighted by molar-refractivity contribution is 7.90. The molecule has 2 heterocycles. The molecule has 0 aliphatic heterocycles. The Morgan fingerprint density at radius 2 is 2.00 bits per heavy atom.